The molecule has 0 atom stereocenters. The maximum Gasteiger partial charge on any atom is 0.251 e. The van der Waals surface area contributed by atoms with Gasteiger partial charge in [-0.3, -0.25) is 4.79 Å². The van der Waals surface area contributed by atoms with Crippen LogP contribution in [-0.2, 0) is 16.6 Å². The number of amides is 1. The second-order valence-corrected chi connectivity index (χ2v) is 12.3. The van der Waals surface area contributed by atoms with Crippen LogP contribution in [0.25, 0.3) is 0 Å². The molecule has 7 heteroatoms. The van der Waals surface area contributed by atoms with Crippen LogP contribution in [0.4, 0.5) is 0 Å². The van der Waals surface area contributed by atoms with Crippen molar-refractivity contribution in [2.45, 2.75) is 55.5 Å². The Morgan fingerprint density at radius 2 is 1.64 bits per heavy atom. The van der Waals surface area contributed by atoms with Gasteiger partial charge in [0, 0.05) is 24.7 Å². The van der Waals surface area contributed by atoms with E-state index in [1.165, 1.54) is 36.7 Å². The molecule has 176 valence electrons. The molecular formula is C26H32N2O4S. The molecule has 0 spiro atoms. The van der Waals surface area contributed by atoms with E-state index in [1.54, 1.807) is 19.2 Å². The van der Waals surface area contributed by atoms with E-state index in [9.17, 15) is 13.2 Å². The SMILES string of the molecule is COc1ccc(C(=O)NC23CC4CC(CC(C4)C2)C3)cc1S(=O)(=O)N(C)Cc1ccccc1. The second-order valence-electron chi connectivity index (χ2n) is 10.3. The molecule has 6 nitrogen and oxygen atoms in total. The lowest BCUT2D eigenvalue weighted by atomic mass is 9.53. The van der Waals surface area contributed by atoms with Crippen molar-refractivity contribution in [3.63, 3.8) is 0 Å². The van der Waals surface area contributed by atoms with Gasteiger partial charge in [-0.15, -0.1) is 0 Å². The minimum Gasteiger partial charge on any atom is -0.495 e. The molecule has 1 N–H and O–H groups in total. The molecule has 0 saturated heterocycles. The quantitative estimate of drug-likeness (QED) is 0.660. The predicted octanol–water partition coefficient (Wildman–Crippen LogP) is 4.21. The number of carbonyl (C=O) groups excluding carboxylic acids is 1. The van der Waals surface area contributed by atoms with Crippen molar-refractivity contribution in [2.75, 3.05) is 14.2 Å². The van der Waals surface area contributed by atoms with E-state index < -0.39 is 10.0 Å². The molecule has 0 unspecified atom stereocenters. The number of hydrogen-bond acceptors (Lipinski definition) is 4. The molecule has 4 aliphatic carbocycles. The smallest absolute Gasteiger partial charge is 0.251 e. The number of carbonyl (C=O) groups is 1. The van der Waals surface area contributed by atoms with Gasteiger partial charge in [0.05, 0.1) is 7.11 Å². The summed E-state index contributed by atoms with van der Waals surface area (Å²) in [5, 5.41) is 3.34. The Bertz CT molecular complexity index is 1110. The highest BCUT2D eigenvalue weighted by Gasteiger charge is 2.51. The van der Waals surface area contributed by atoms with Crippen molar-refractivity contribution in [3.05, 3.63) is 59.7 Å². The molecule has 4 fully saturated rings. The fourth-order valence-corrected chi connectivity index (χ4v) is 8.03. The van der Waals surface area contributed by atoms with E-state index >= 15 is 0 Å². The van der Waals surface area contributed by atoms with E-state index in [1.807, 2.05) is 30.3 Å². The Kier molecular flexibility index (Phi) is 5.73. The van der Waals surface area contributed by atoms with Crippen LogP contribution >= 0.6 is 0 Å². The van der Waals surface area contributed by atoms with Gasteiger partial charge in [-0.1, -0.05) is 30.3 Å². The van der Waals surface area contributed by atoms with Gasteiger partial charge in [-0.05, 0) is 80.0 Å². The number of hydrogen-bond donors (Lipinski definition) is 1. The molecule has 4 saturated carbocycles. The van der Waals surface area contributed by atoms with Gasteiger partial charge in [0.25, 0.3) is 5.91 Å². The van der Waals surface area contributed by atoms with Crippen LogP contribution in [0.5, 0.6) is 5.75 Å². The minimum atomic E-state index is -3.86. The molecule has 2 aromatic rings. The van der Waals surface area contributed by atoms with Crippen molar-refractivity contribution in [2.24, 2.45) is 17.8 Å². The third kappa shape index (κ3) is 4.28. The van der Waals surface area contributed by atoms with Gasteiger partial charge in [-0.25, -0.2) is 8.42 Å². The molecular weight excluding hydrogens is 436 g/mol. The van der Waals surface area contributed by atoms with Crippen LogP contribution in [0.2, 0.25) is 0 Å². The standard InChI is InChI=1S/C26H32N2O4S/c1-28(17-18-6-4-3-5-7-18)33(30,31)24-13-22(8-9-23(24)32-2)25(29)27-26-14-19-10-20(15-26)12-21(11-19)16-26/h3-9,13,19-21H,10-12,14-17H2,1-2H3,(H,27,29). The lowest BCUT2D eigenvalue weighted by Gasteiger charge is -2.56. The molecule has 6 rings (SSSR count). The molecule has 1 amide bonds. The molecule has 0 aromatic heterocycles. The summed E-state index contributed by atoms with van der Waals surface area (Å²) >= 11 is 0. The summed E-state index contributed by atoms with van der Waals surface area (Å²) in [6, 6.07) is 14.1. The number of nitrogens with zero attached hydrogens (tertiary/aromatic N) is 1. The Hall–Kier alpha value is -2.38. The van der Waals surface area contributed by atoms with Crippen LogP contribution < -0.4 is 10.1 Å². The number of nitrogens with one attached hydrogen (secondary N) is 1. The topological polar surface area (TPSA) is 75.7 Å². The van der Waals surface area contributed by atoms with Crippen LogP contribution in [0, 0.1) is 17.8 Å². The molecule has 33 heavy (non-hydrogen) atoms. The average Bonchev–Trinajstić information content (AvgIpc) is 2.78. The lowest BCUT2D eigenvalue weighted by Crippen LogP contribution is -2.59. The second kappa shape index (κ2) is 8.44. The first-order chi connectivity index (χ1) is 15.8. The summed E-state index contributed by atoms with van der Waals surface area (Å²) < 4.78 is 33.5. The maximum absolute atomic E-state index is 13.4. The summed E-state index contributed by atoms with van der Waals surface area (Å²) in [6.07, 6.45) is 7.04. The van der Waals surface area contributed by atoms with Crippen LogP contribution in [-0.4, -0.2) is 38.3 Å². The number of ether oxygens (including phenoxy) is 1. The molecule has 4 aliphatic rings. The number of rotatable bonds is 7. The zero-order valence-corrected chi connectivity index (χ0v) is 20.1. The summed E-state index contributed by atoms with van der Waals surface area (Å²) in [4.78, 5) is 13.3. The van der Waals surface area contributed by atoms with Gasteiger partial charge in [0.15, 0.2) is 0 Å². The highest BCUT2D eigenvalue weighted by atomic mass is 32.2. The Morgan fingerprint density at radius 3 is 2.21 bits per heavy atom. The number of benzene rings is 2. The van der Waals surface area contributed by atoms with E-state index in [-0.39, 0.29) is 28.6 Å². The highest BCUT2D eigenvalue weighted by Crippen LogP contribution is 2.55. The third-order valence-corrected chi connectivity index (χ3v) is 9.60. The van der Waals surface area contributed by atoms with E-state index in [0.717, 1.165) is 42.6 Å². The Morgan fingerprint density at radius 1 is 1.03 bits per heavy atom. The third-order valence-electron chi connectivity index (χ3n) is 7.78. The van der Waals surface area contributed by atoms with Crippen molar-refractivity contribution < 1.29 is 17.9 Å². The Balaban J connectivity index is 1.39. The monoisotopic (exact) mass is 468 g/mol. The van der Waals surface area contributed by atoms with Crippen LogP contribution in [0.1, 0.15) is 54.4 Å². The van der Waals surface area contributed by atoms with Gasteiger partial charge in [-0.2, -0.15) is 4.31 Å². The largest absolute Gasteiger partial charge is 0.495 e. The summed E-state index contributed by atoms with van der Waals surface area (Å²) in [7, 11) is -0.870. The minimum absolute atomic E-state index is 0.0154. The van der Waals surface area contributed by atoms with E-state index in [2.05, 4.69) is 5.32 Å². The van der Waals surface area contributed by atoms with E-state index in [0.29, 0.717) is 5.56 Å². The van der Waals surface area contributed by atoms with Gasteiger partial charge in [0.1, 0.15) is 10.6 Å². The zero-order chi connectivity index (χ0) is 23.2. The molecule has 0 aliphatic heterocycles. The van der Waals surface area contributed by atoms with Gasteiger partial charge >= 0.3 is 0 Å². The first kappa shape index (κ1) is 22.4. The molecule has 0 heterocycles. The Labute approximate surface area is 196 Å². The fraction of sp³-hybridized carbons (Fsp3) is 0.500. The van der Waals surface area contributed by atoms with Crippen molar-refractivity contribution in [3.8, 4) is 5.75 Å². The lowest BCUT2D eigenvalue weighted by molar-refractivity contribution is -0.0167. The van der Waals surface area contributed by atoms with Crippen LogP contribution in [0.15, 0.2) is 53.4 Å². The first-order valence-electron chi connectivity index (χ1n) is 11.8. The van der Waals surface area contributed by atoms with Crippen LogP contribution in [0.3, 0.4) is 0 Å². The molecule has 4 bridgehead atoms. The summed E-state index contributed by atoms with van der Waals surface area (Å²) in [5.74, 6) is 2.20. The number of sulfonamides is 1. The molecule has 0 radical (unpaired) electrons. The average molecular weight is 469 g/mol. The van der Waals surface area contributed by atoms with Gasteiger partial charge in [0.2, 0.25) is 10.0 Å². The summed E-state index contributed by atoms with van der Waals surface area (Å²) in [6.45, 7) is 0.232. The number of methoxy groups -OCH3 is 1. The molecule has 2 aromatic carbocycles. The maximum atomic E-state index is 13.4. The van der Waals surface area contributed by atoms with Crippen molar-refractivity contribution in [1.82, 2.24) is 9.62 Å². The summed E-state index contributed by atoms with van der Waals surface area (Å²) in [5.41, 5.74) is 1.12. The van der Waals surface area contributed by atoms with Crippen molar-refractivity contribution in [1.29, 1.82) is 0 Å². The normalized spacial score (nSPS) is 28.2. The fourth-order valence-electron chi connectivity index (χ4n) is 6.69. The highest BCUT2D eigenvalue weighted by molar-refractivity contribution is 7.89. The van der Waals surface area contributed by atoms with E-state index in [4.69, 9.17) is 4.74 Å². The first-order valence-corrected chi connectivity index (χ1v) is 13.2. The van der Waals surface area contributed by atoms with Gasteiger partial charge < -0.3 is 10.1 Å². The predicted molar refractivity (Wildman–Crippen MR) is 126 cm³/mol. The zero-order valence-electron chi connectivity index (χ0n) is 19.3. The van der Waals surface area contributed by atoms with Crippen molar-refractivity contribution >= 4 is 15.9 Å².